The van der Waals surface area contributed by atoms with Crippen LogP contribution in [0.3, 0.4) is 0 Å². The maximum absolute atomic E-state index is 9.99. The molecule has 1 unspecified atom stereocenters. The molecule has 0 saturated heterocycles. The van der Waals surface area contributed by atoms with E-state index in [1.54, 1.807) is 0 Å². The van der Waals surface area contributed by atoms with Crippen molar-refractivity contribution in [1.29, 1.82) is 0 Å². The molecule has 0 amide bonds. The number of aromatic amines is 1. The Morgan fingerprint density at radius 3 is 2.59 bits per heavy atom. The number of rotatable bonds is 0. The molecule has 0 spiro atoms. The average Bonchev–Trinajstić information content (AvgIpc) is 2.38. The van der Waals surface area contributed by atoms with Crippen LogP contribution < -0.4 is 0 Å². The minimum absolute atomic E-state index is 0.0889. The van der Waals surface area contributed by atoms with Gasteiger partial charge in [0.05, 0.1) is 5.76 Å². The van der Waals surface area contributed by atoms with Crippen LogP contribution in [0.5, 0.6) is 0 Å². The van der Waals surface area contributed by atoms with Gasteiger partial charge < -0.3 is 10.1 Å². The van der Waals surface area contributed by atoms with E-state index < -0.39 is 0 Å². The number of hydrogen-bond acceptors (Lipinski definition) is 1. The van der Waals surface area contributed by atoms with Crippen LogP contribution >= 0.6 is 0 Å². The molecule has 0 radical (unpaired) electrons. The molecule has 17 heavy (non-hydrogen) atoms. The Bertz CT molecular complexity index is 466. The minimum atomic E-state index is -0.0889. The standard InChI is InChI=1S/C15H23NO/c1-9-6-12(17)8-15(4,5)14-10(2)11(3)16-13(14)7-9/h8-9,16-17H,6-7H2,1-5H3/b12-8+. The van der Waals surface area contributed by atoms with Crippen LogP contribution in [0.1, 0.15) is 49.7 Å². The van der Waals surface area contributed by atoms with E-state index in [9.17, 15) is 5.11 Å². The molecule has 0 bridgehead atoms. The van der Waals surface area contributed by atoms with Crippen molar-refractivity contribution in [3.05, 3.63) is 34.3 Å². The predicted molar refractivity (Wildman–Crippen MR) is 71.5 cm³/mol. The lowest BCUT2D eigenvalue weighted by Gasteiger charge is -2.27. The highest BCUT2D eigenvalue weighted by Crippen LogP contribution is 2.37. The van der Waals surface area contributed by atoms with Crippen molar-refractivity contribution < 1.29 is 5.11 Å². The van der Waals surface area contributed by atoms with Gasteiger partial charge in [0, 0.05) is 23.2 Å². The molecule has 2 heteroatoms. The van der Waals surface area contributed by atoms with Crippen molar-refractivity contribution in [2.75, 3.05) is 0 Å². The highest BCUT2D eigenvalue weighted by molar-refractivity contribution is 5.44. The molecular weight excluding hydrogens is 210 g/mol. The number of fused-ring (bicyclic) bond motifs is 1. The summed E-state index contributed by atoms with van der Waals surface area (Å²) in [6, 6.07) is 0. The molecule has 94 valence electrons. The summed E-state index contributed by atoms with van der Waals surface area (Å²) in [6.45, 7) is 10.8. The number of aromatic nitrogens is 1. The van der Waals surface area contributed by atoms with Crippen molar-refractivity contribution in [3.63, 3.8) is 0 Å². The summed E-state index contributed by atoms with van der Waals surface area (Å²) in [5.41, 5.74) is 5.22. The van der Waals surface area contributed by atoms with Gasteiger partial charge in [0.2, 0.25) is 0 Å². The third-order valence-electron chi connectivity index (χ3n) is 3.86. The normalized spacial score (nSPS) is 26.6. The summed E-state index contributed by atoms with van der Waals surface area (Å²) in [7, 11) is 0. The Morgan fingerprint density at radius 2 is 1.94 bits per heavy atom. The van der Waals surface area contributed by atoms with Crippen LogP contribution in [0.15, 0.2) is 11.8 Å². The van der Waals surface area contributed by atoms with Gasteiger partial charge in [-0.3, -0.25) is 0 Å². The van der Waals surface area contributed by atoms with Gasteiger partial charge in [0.15, 0.2) is 0 Å². The molecule has 2 nitrogen and oxygen atoms in total. The third-order valence-corrected chi connectivity index (χ3v) is 3.86. The van der Waals surface area contributed by atoms with Crippen LogP contribution in [-0.2, 0) is 11.8 Å². The summed E-state index contributed by atoms with van der Waals surface area (Å²) in [5, 5.41) is 9.99. The van der Waals surface area contributed by atoms with Gasteiger partial charge >= 0.3 is 0 Å². The molecule has 0 saturated carbocycles. The number of nitrogens with one attached hydrogen (secondary N) is 1. The van der Waals surface area contributed by atoms with Gasteiger partial charge in [0.1, 0.15) is 0 Å². The van der Waals surface area contributed by atoms with Crippen molar-refractivity contribution in [2.24, 2.45) is 5.92 Å². The summed E-state index contributed by atoms with van der Waals surface area (Å²) >= 11 is 0. The summed E-state index contributed by atoms with van der Waals surface area (Å²) in [6.07, 6.45) is 3.81. The zero-order chi connectivity index (χ0) is 12.8. The molecule has 2 N–H and O–H groups in total. The van der Waals surface area contributed by atoms with Crippen molar-refractivity contribution in [3.8, 4) is 0 Å². The zero-order valence-corrected chi connectivity index (χ0v) is 11.5. The van der Waals surface area contributed by atoms with Crippen LogP contribution in [0.4, 0.5) is 0 Å². The fourth-order valence-corrected chi connectivity index (χ4v) is 3.15. The first kappa shape index (κ1) is 12.3. The van der Waals surface area contributed by atoms with Crippen LogP contribution in [-0.4, -0.2) is 10.1 Å². The second-order valence-corrected chi connectivity index (χ2v) is 6.10. The molecule has 1 heterocycles. The lowest BCUT2D eigenvalue weighted by Crippen LogP contribution is -2.21. The smallest absolute Gasteiger partial charge is 0.0894 e. The van der Waals surface area contributed by atoms with E-state index in [0.717, 1.165) is 12.8 Å². The van der Waals surface area contributed by atoms with Gasteiger partial charge in [0.25, 0.3) is 0 Å². The summed E-state index contributed by atoms with van der Waals surface area (Å²) < 4.78 is 0. The van der Waals surface area contributed by atoms with Crippen molar-refractivity contribution in [2.45, 2.75) is 52.9 Å². The molecule has 1 aliphatic carbocycles. The third kappa shape index (κ3) is 2.13. The van der Waals surface area contributed by atoms with Gasteiger partial charge in [-0.25, -0.2) is 0 Å². The van der Waals surface area contributed by atoms with E-state index in [4.69, 9.17) is 0 Å². The van der Waals surface area contributed by atoms with E-state index in [-0.39, 0.29) is 5.41 Å². The number of hydrogen-bond donors (Lipinski definition) is 2. The van der Waals surface area contributed by atoms with Gasteiger partial charge in [-0.05, 0) is 43.4 Å². The highest BCUT2D eigenvalue weighted by atomic mass is 16.3. The summed E-state index contributed by atoms with van der Waals surface area (Å²) in [4.78, 5) is 3.52. The fourth-order valence-electron chi connectivity index (χ4n) is 3.15. The minimum Gasteiger partial charge on any atom is -0.513 e. The average molecular weight is 233 g/mol. The Kier molecular flexibility index (Phi) is 2.84. The number of aliphatic hydroxyl groups excluding tert-OH is 1. The van der Waals surface area contributed by atoms with Crippen LogP contribution in [0.25, 0.3) is 0 Å². The Hall–Kier alpha value is -1.18. The molecule has 0 fully saturated rings. The van der Waals surface area contributed by atoms with Crippen LogP contribution in [0.2, 0.25) is 0 Å². The Morgan fingerprint density at radius 1 is 1.29 bits per heavy atom. The van der Waals surface area contributed by atoms with Gasteiger partial charge in [-0.2, -0.15) is 0 Å². The largest absolute Gasteiger partial charge is 0.513 e. The number of allylic oxidation sites excluding steroid dienone is 2. The maximum atomic E-state index is 9.99. The topological polar surface area (TPSA) is 36.0 Å². The Balaban J connectivity index is 2.62. The second kappa shape index (κ2) is 3.94. The predicted octanol–water partition coefficient (Wildman–Crippen LogP) is 3.93. The van der Waals surface area contributed by atoms with E-state index in [1.807, 2.05) is 6.08 Å². The number of aliphatic hydroxyl groups is 1. The lowest BCUT2D eigenvalue weighted by molar-refractivity contribution is 0.342. The van der Waals surface area contributed by atoms with Crippen molar-refractivity contribution >= 4 is 0 Å². The molecule has 2 rings (SSSR count). The van der Waals surface area contributed by atoms with Gasteiger partial charge in [-0.15, -0.1) is 0 Å². The lowest BCUT2D eigenvalue weighted by atomic mass is 9.77. The van der Waals surface area contributed by atoms with Crippen LogP contribution in [0, 0.1) is 19.8 Å². The first-order chi connectivity index (χ1) is 7.81. The SMILES string of the molecule is Cc1[nH]c2c(c1C)C(C)(C)/C=C(/O)CC(C)C2. The maximum Gasteiger partial charge on any atom is 0.0894 e. The first-order valence-electron chi connectivity index (χ1n) is 6.40. The molecule has 1 aliphatic rings. The van der Waals surface area contributed by atoms with Gasteiger partial charge in [-0.1, -0.05) is 20.8 Å². The first-order valence-corrected chi connectivity index (χ1v) is 6.40. The molecule has 0 aromatic carbocycles. The number of H-pyrrole nitrogens is 1. The van der Waals surface area contributed by atoms with Crippen molar-refractivity contribution in [1.82, 2.24) is 4.98 Å². The van der Waals surface area contributed by atoms with E-state index in [1.165, 1.54) is 22.5 Å². The Labute approximate surface area is 104 Å². The monoisotopic (exact) mass is 233 g/mol. The van der Waals surface area contributed by atoms with E-state index in [0.29, 0.717) is 11.7 Å². The second-order valence-electron chi connectivity index (χ2n) is 6.10. The summed E-state index contributed by atoms with van der Waals surface area (Å²) in [5.74, 6) is 1.02. The fraction of sp³-hybridized carbons (Fsp3) is 0.600. The molecule has 1 aromatic heterocycles. The molecule has 1 aromatic rings. The molecular formula is C15H23NO. The van der Waals surface area contributed by atoms with E-state index in [2.05, 4.69) is 39.6 Å². The quantitative estimate of drug-likeness (QED) is 0.699. The zero-order valence-electron chi connectivity index (χ0n) is 11.5. The number of aryl methyl sites for hydroxylation is 1. The van der Waals surface area contributed by atoms with E-state index >= 15 is 0 Å². The highest BCUT2D eigenvalue weighted by Gasteiger charge is 2.29. The molecule has 1 atom stereocenters. The molecule has 0 aliphatic heterocycles.